The molecule has 0 saturated heterocycles. The number of hydrogen-bond donors (Lipinski definition) is 0. The second kappa shape index (κ2) is 4.52. The van der Waals surface area contributed by atoms with Gasteiger partial charge in [0.25, 0.3) is 0 Å². The SMILES string of the molecule is Cc1ccccc1-c1cc(F)c(F)c([N+](=O)[O-])c1. The molecule has 2 rings (SSSR count). The quantitative estimate of drug-likeness (QED) is 0.599. The first kappa shape index (κ1) is 12.2. The summed E-state index contributed by atoms with van der Waals surface area (Å²) in [5, 5.41) is 10.6. The summed E-state index contributed by atoms with van der Waals surface area (Å²) >= 11 is 0. The van der Waals surface area contributed by atoms with E-state index in [1.807, 2.05) is 0 Å². The molecular weight excluding hydrogens is 240 g/mol. The van der Waals surface area contributed by atoms with Gasteiger partial charge in [-0.1, -0.05) is 24.3 Å². The van der Waals surface area contributed by atoms with Crippen LogP contribution in [0.5, 0.6) is 0 Å². The molecule has 0 aliphatic rings. The fraction of sp³-hybridized carbons (Fsp3) is 0.0769. The van der Waals surface area contributed by atoms with E-state index < -0.39 is 22.2 Å². The summed E-state index contributed by atoms with van der Waals surface area (Å²) in [6.07, 6.45) is 0. The Kier molecular flexibility index (Phi) is 3.06. The maximum atomic E-state index is 13.3. The van der Waals surface area contributed by atoms with Crippen molar-refractivity contribution in [3.63, 3.8) is 0 Å². The number of nitro groups is 1. The Labute approximate surface area is 102 Å². The average molecular weight is 249 g/mol. The lowest BCUT2D eigenvalue weighted by Crippen LogP contribution is -1.97. The van der Waals surface area contributed by atoms with Gasteiger partial charge in [0.05, 0.1) is 4.92 Å². The lowest BCUT2D eigenvalue weighted by atomic mass is 10.00. The van der Waals surface area contributed by atoms with Crippen LogP contribution < -0.4 is 0 Å². The highest BCUT2D eigenvalue weighted by atomic mass is 19.2. The van der Waals surface area contributed by atoms with E-state index in [4.69, 9.17) is 0 Å². The lowest BCUT2D eigenvalue weighted by molar-refractivity contribution is -0.387. The van der Waals surface area contributed by atoms with Crippen molar-refractivity contribution in [1.29, 1.82) is 0 Å². The number of aryl methyl sites for hydroxylation is 1. The van der Waals surface area contributed by atoms with Gasteiger partial charge < -0.3 is 0 Å². The Balaban J connectivity index is 2.67. The average Bonchev–Trinajstić information content (AvgIpc) is 2.33. The van der Waals surface area contributed by atoms with Gasteiger partial charge in [-0.3, -0.25) is 10.1 Å². The monoisotopic (exact) mass is 249 g/mol. The number of hydrogen-bond acceptors (Lipinski definition) is 2. The molecular formula is C13H9F2NO2. The van der Waals surface area contributed by atoms with Crippen molar-refractivity contribution in [2.24, 2.45) is 0 Å². The summed E-state index contributed by atoms with van der Waals surface area (Å²) in [6, 6.07) is 9.03. The Morgan fingerprint density at radius 2 is 1.83 bits per heavy atom. The summed E-state index contributed by atoms with van der Waals surface area (Å²) in [6.45, 7) is 1.79. The zero-order valence-corrected chi connectivity index (χ0v) is 9.48. The smallest absolute Gasteiger partial charge is 0.258 e. The van der Waals surface area contributed by atoms with E-state index in [9.17, 15) is 18.9 Å². The molecule has 0 amide bonds. The van der Waals surface area contributed by atoms with Crippen LogP contribution in [-0.2, 0) is 0 Å². The Hall–Kier alpha value is -2.30. The predicted octanol–water partition coefficient (Wildman–Crippen LogP) is 3.85. The number of nitrogens with zero attached hydrogens (tertiary/aromatic N) is 1. The van der Waals surface area contributed by atoms with Crippen molar-refractivity contribution >= 4 is 5.69 Å². The van der Waals surface area contributed by atoms with Gasteiger partial charge in [-0.05, 0) is 29.7 Å². The first-order valence-electron chi connectivity index (χ1n) is 5.20. The number of halogens is 2. The molecule has 0 heterocycles. The van der Waals surface area contributed by atoms with E-state index in [0.29, 0.717) is 11.1 Å². The van der Waals surface area contributed by atoms with Crippen LogP contribution in [0.25, 0.3) is 11.1 Å². The van der Waals surface area contributed by atoms with Gasteiger partial charge in [0.15, 0.2) is 5.82 Å². The van der Waals surface area contributed by atoms with E-state index >= 15 is 0 Å². The van der Waals surface area contributed by atoms with Crippen LogP contribution in [0.1, 0.15) is 5.56 Å². The molecule has 0 N–H and O–H groups in total. The largest absolute Gasteiger partial charge is 0.308 e. The number of nitro benzene ring substituents is 1. The topological polar surface area (TPSA) is 43.1 Å². The van der Waals surface area contributed by atoms with Gasteiger partial charge in [0, 0.05) is 6.07 Å². The molecule has 92 valence electrons. The molecule has 18 heavy (non-hydrogen) atoms. The van der Waals surface area contributed by atoms with Crippen LogP contribution in [0.15, 0.2) is 36.4 Å². The molecule has 0 aromatic heterocycles. The molecule has 3 nitrogen and oxygen atoms in total. The van der Waals surface area contributed by atoms with Crippen molar-refractivity contribution in [2.75, 3.05) is 0 Å². The fourth-order valence-corrected chi connectivity index (χ4v) is 1.76. The minimum absolute atomic E-state index is 0.290. The van der Waals surface area contributed by atoms with Crippen LogP contribution in [0.3, 0.4) is 0 Å². The van der Waals surface area contributed by atoms with Gasteiger partial charge in [-0.15, -0.1) is 0 Å². The second-order valence-electron chi connectivity index (χ2n) is 3.86. The fourth-order valence-electron chi connectivity index (χ4n) is 1.76. The molecule has 0 spiro atoms. The van der Waals surface area contributed by atoms with Crippen molar-refractivity contribution in [3.05, 3.63) is 63.7 Å². The third-order valence-corrected chi connectivity index (χ3v) is 2.66. The van der Waals surface area contributed by atoms with Gasteiger partial charge in [-0.25, -0.2) is 4.39 Å². The minimum atomic E-state index is -1.43. The van der Waals surface area contributed by atoms with Crippen molar-refractivity contribution in [3.8, 4) is 11.1 Å². The second-order valence-corrected chi connectivity index (χ2v) is 3.86. The summed E-state index contributed by atoms with van der Waals surface area (Å²) in [4.78, 5) is 9.71. The third-order valence-electron chi connectivity index (χ3n) is 2.66. The van der Waals surface area contributed by atoms with E-state index in [1.165, 1.54) is 0 Å². The third kappa shape index (κ3) is 2.07. The molecule has 0 atom stereocenters. The zero-order chi connectivity index (χ0) is 13.3. The Morgan fingerprint density at radius 3 is 2.44 bits per heavy atom. The summed E-state index contributed by atoms with van der Waals surface area (Å²) in [5.41, 5.74) is 0.907. The molecule has 0 aliphatic heterocycles. The normalized spacial score (nSPS) is 10.4. The maximum Gasteiger partial charge on any atom is 0.308 e. The van der Waals surface area contributed by atoms with Gasteiger partial charge in [-0.2, -0.15) is 4.39 Å². The molecule has 0 radical (unpaired) electrons. The lowest BCUT2D eigenvalue weighted by Gasteiger charge is -2.06. The van der Waals surface area contributed by atoms with Crippen LogP contribution in [0, 0.1) is 28.7 Å². The first-order chi connectivity index (χ1) is 8.50. The van der Waals surface area contributed by atoms with Crippen LogP contribution >= 0.6 is 0 Å². The van der Waals surface area contributed by atoms with Gasteiger partial charge in [0.1, 0.15) is 0 Å². The molecule has 2 aromatic carbocycles. The number of benzene rings is 2. The van der Waals surface area contributed by atoms with Crippen LogP contribution in [0.2, 0.25) is 0 Å². The highest BCUT2D eigenvalue weighted by Gasteiger charge is 2.20. The van der Waals surface area contributed by atoms with E-state index in [-0.39, 0.29) is 0 Å². The van der Waals surface area contributed by atoms with E-state index in [2.05, 4.69) is 0 Å². The van der Waals surface area contributed by atoms with Crippen LogP contribution in [-0.4, -0.2) is 4.92 Å². The van der Waals surface area contributed by atoms with E-state index in [1.54, 1.807) is 31.2 Å². The van der Waals surface area contributed by atoms with Gasteiger partial charge >= 0.3 is 5.69 Å². The van der Waals surface area contributed by atoms with Gasteiger partial charge in [0.2, 0.25) is 5.82 Å². The zero-order valence-electron chi connectivity index (χ0n) is 9.48. The molecule has 5 heteroatoms. The van der Waals surface area contributed by atoms with E-state index in [0.717, 1.165) is 17.7 Å². The first-order valence-corrected chi connectivity index (χ1v) is 5.20. The minimum Gasteiger partial charge on any atom is -0.258 e. The molecule has 0 bridgehead atoms. The highest BCUT2D eigenvalue weighted by molar-refractivity contribution is 5.69. The Bertz CT molecular complexity index is 626. The molecule has 0 saturated carbocycles. The molecule has 0 aliphatic carbocycles. The van der Waals surface area contributed by atoms with Crippen molar-refractivity contribution in [2.45, 2.75) is 6.92 Å². The predicted molar refractivity (Wildman–Crippen MR) is 63.2 cm³/mol. The molecule has 0 unspecified atom stereocenters. The van der Waals surface area contributed by atoms with Crippen molar-refractivity contribution in [1.82, 2.24) is 0 Å². The summed E-state index contributed by atoms with van der Waals surface area (Å²) in [7, 11) is 0. The highest BCUT2D eigenvalue weighted by Crippen LogP contribution is 2.30. The van der Waals surface area contributed by atoms with Crippen molar-refractivity contribution < 1.29 is 13.7 Å². The molecule has 2 aromatic rings. The molecule has 0 fully saturated rings. The maximum absolute atomic E-state index is 13.3. The summed E-state index contributed by atoms with van der Waals surface area (Å²) < 4.78 is 26.6. The summed E-state index contributed by atoms with van der Waals surface area (Å²) in [5.74, 6) is -2.65. The standard InChI is InChI=1S/C13H9F2NO2/c1-8-4-2-3-5-10(8)9-6-11(14)13(15)12(7-9)16(17)18/h2-7H,1H3. The van der Waals surface area contributed by atoms with Crippen LogP contribution in [0.4, 0.5) is 14.5 Å². The number of rotatable bonds is 2. The Morgan fingerprint density at radius 1 is 1.17 bits per heavy atom.